The van der Waals surface area contributed by atoms with Crippen LogP contribution in [0.3, 0.4) is 0 Å². The molecule has 134 valence electrons. The van der Waals surface area contributed by atoms with Crippen LogP contribution in [0.15, 0.2) is 18.2 Å². The first-order valence-electron chi connectivity index (χ1n) is 7.90. The molecule has 0 aliphatic carbocycles. The average molecular weight is 356 g/mol. The number of ether oxygens (including phenoxy) is 2. The number of nitrogens with zero attached hydrogens (tertiary/aromatic N) is 2. The summed E-state index contributed by atoms with van der Waals surface area (Å²) in [4.78, 5) is 13.9. The summed E-state index contributed by atoms with van der Waals surface area (Å²) < 4.78 is 35.9. The second kappa shape index (κ2) is 7.85. The minimum absolute atomic E-state index is 0.0806. The van der Waals surface area contributed by atoms with E-state index in [1.807, 2.05) is 19.1 Å². The quantitative estimate of drug-likeness (QED) is 0.756. The molecule has 1 aromatic rings. The summed E-state index contributed by atoms with van der Waals surface area (Å²) in [6.45, 7) is 4.89. The minimum atomic E-state index is -3.19. The van der Waals surface area contributed by atoms with Crippen LogP contribution >= 0.6 is 0 Å². The predicted molar refractivity (Wildman–Crippen MR) is 90.8 cm³/mol. The lowest BCUT2D eigenvalue weighted by molar-refractivity contribution is -0.134. The molecule has 0 N–H and O–H groups in total. The Hall–Kier alpha value is -1.80. The van der Waals surface area contributed by atoms with E-state index in [1.165, 1.54) is 4.31 Å². The number of piperazine rings is 1. The molecular weight excluding hydrogens is 332 g/mol. The van der Waals surface area contributed by atoms with Gasteiger partial charge in [0, 0.05) is 26.2 Å². The van der Waals surface area contributed by atoms with Gasteiger partial charge in [-0.3, -0.25) is 4.79 Å². The number of carbonyl (C=O) groups excluding carboxylic acids is 1. The van der Waals surface area contributed by atoms with Gasteiger partial charge in [0.1, 0.15) is 0 Å². The first-order chi connectivity index (χ1) is 11.4. The zero-order valence-electron chi connectivity index (χ0n) is 14.3. The fourth-order valence-corrected chi connectivity index (χ4v) is 3.61. The molecule has 1 aliphatic heterocycles. The van der Waals surface area contributed by atoms with E-state index in [1.54, 1.807) is 25.0 Å². The van der Waals surface area contributed by atoms with E-state index in [0.717, 1.165) is 5.56 Å². The maximum Gasteiger partial charge on any atom is 0.260 e. The molecule has 1 fully saturated rings. The Bertz CT molecular complexity index is 682. The predicted octanol–water partition coefficient (Wildman–Crippen LogP) is 0.876. The van der Waals surface area contributed by atoms with Crippen LogP contribution in [0.1, 0.15) is 12.5 Å². The van der Waals surface area contributed by atoms with E-state index in [9.17, 15) is 13.2 Å². The molecule has 7 nitrogen and oxygen atoms in total. The molecule has 0 atom stereocenters. The van der Waals surface area contributed by atoms with Gasteiger partial charge in [-0.1, -0.05) is 6.07 Å². The lowest BCUT2D eigenvalue weighted by atomic mass is 10.2. The molecule has 0 aromatic heterocycles. The zero-order chi connectivity index (χ0) is 17.7. The highest BCUT2D eigenvalue weighted by molar-refractivity contribution is 7.89. The van der Waals surface area contributed by atoms with E-state index in [2.05, 4.69) is 0 Å². The summed E-state index contributed by atoms with van der Waals surface area (Å²) in [5.41, 5.74) is 1.04. The van der Waals surface area contributed by atoms with Crippen LogP contribution in [0.2, 0.25) is 0 Å². The maximum atomic E-state index is 12.3. The fraction of sp³-hybridized carbons (Fsp3) is 0.562. The van der Waals surface area contributed by atoms with Crippen molar-refractivity contribution in [1.29, 1.82) is 0 Å². The Labute approximate surface area is 143 Å². The molecule has 1 amide bonds. The molecule has 0 saturated carbocycles. The van der Waals surface area contributed by atoms with E-state index in [0.29, 0.717) is 37.7 Å². The van der Waals surface area contributed by atoms with E-state index >= 15 is 0 Å². The number of carbonyl (C=O) groups is 1. The van der Waals surface area contributed by atoms with Crippen molar-refractivity contribution in [2.45, 2.75) is 13.8 Å². The van der Waals surface area contributed by atoms with Crippen LogP contribution in [0.4, 0.5) is 0 Å². The summed E-state index contributed by atoms with van der Waals surface area (Å²) >= 11 is 0. The fourth-order valence-electron chi connectivity index (χ4n) is 2.52. The third-order valence-corrected chi connectivity index (χ3v) is 5.90. The molecule has 2 rings (SSSR count). The van der Waals surface area contributed by atoms with Crippen LogP contribution in [0.25, 0.3) is 0 Å². The summed E-state index contributed by atoms with van der Waals surface area (Å²) in [6, 6.07) is 5.50. The van der Waals surface area contributed by atoms with Crippen molar-refractivity contribution in [3.63, 3.8) is 0 Å². The van der Waals surface area contributed by atoms with Gasteiger partial charge in [0.05, 0.1) is 12.9 Å². The minimum Gasteiger partial charge on any atom is -0.493 e. The van der Waals surface area contributed by atoms with Crippen LogP contribution in [0, 0.1) is 6.92 Å². The van der Waals surface area contributed by atoms with Crippen molar-refractivity contribution in [2.24, 2.45) is 0 Å². The van der Waals surface area contributed by atoms with Gasteiger partial charge in [0.15, 0.2) is 18.1 Å². The molecule has 0 bridgehead atoms. The van der Waals surface area contributed by atoms with Gasteiger partial charge in [0.25, 0.3) is 5.91 Å². The summed E-state index contributed by atoms with van der Waals surface area (Å²) in [7, 11) is -1.64. The van der Waals surface area contributed by atoms with Gasteiger partial charge < -0.3 is 14.4 Å². The van der Waals surface area contributed by atoms with Crippen molar-refractivity contribution < 1.29 is 22.7 Å². The third-order valence-electron chi connectivity index (χ3n) is 4.02. The number of aryl methyl sites for hydroxylation is 1. The largest absolute Gasteiger partial charge is 0.493 e. The highest BCUT2D eigenvalue weighted by Gasteiger charge is 2.27. The Morgan fingerprint density at radius 2 is 1.83 bits per heavy atom. The summed E-state index contributed by atoms with van der Waals surface area (Å²) in [5.74, 6) is 1.02. The molecule has 1 aromatic carbocycles. The standard InChI is InChI=1S/C16H24N2O5S/c1-4-24(20,21)18-9-7-17(8-10-18)16(19)12-23-14-6-5-13(2)11-15(14)22-3/h5-6,11H,4,7-10,12H2,1-3H3. The third kappa shape index (κ3) is 4.39. The van der Waals surface area contributed by atoms with Crippen molar-refractivity contribution in [3.8, 4) is 11.5 Å². The van der Waals surface area contributed by atoms with E-state index in [-0.39, 0.29) is 18.3 Å². The molecule has 24 heavy (non-hydrogen) atoms. The van der Waals surface area contributed by atoms with Gasteiger partial charge in [-0.05, 0) is 31.5 Å². The van der Waals surface area contributed by atoms with Crippen LogP contribution < -0.4 is 9.47 Å². The van der Waals surface area contributed by atoms with E-state index < -0.39 is 10.0 Å². The second-order valence-corrected chi connectivity index (χ2v) is 7.88. The van der Waals surface area contributed by atoms with Crippen molar-refractivity contribution >= 4 is 15.9 Å². The summed E-state index contributed by atoms with van der Waals surface area (Å²) in [5, 5.41) is 0. The number of benzene rings is 1. The number of sulfonamides is 1. The maximum absolute atomic E-state index is 12.3. The Morgan fingerprint density at radius 3 is 2.42 bits per heavy atom. The zero-order valence-corrected chi connectivity index (χ0v) is 15.1. The van der Waals surface area contributed by atoms with Crippen LogP contribution in [-0.2, 0) is 14.8 Å². The normalized spacial score (nSPS) is 16.0. The Kier molecular flexibility index (Phi) is 6.06. The lowest BCUT2D eigenvalue weighted by Gasteiger charge is -2.33. The number of amides is 1. The highest BCUT2D eigenvalue weighted by Crippen LogP contribution is 2.27. The monoisotopic (exact) mass is 356 g/mol. The van der Waals surface area contributed by atoms with Crippen LogP contribution in [0.5, 0.6) is 11.5 Å². The van der Waals surface area contributed by atoms with E-state index in [4.69, 9.17) is 9.47 Å². The van der Waals surface area contributed by atoms with Crippen molar-refractivity contribution in [1.82, 2.24) is 9.21 Å². The number of hydrogen-bond acceptors (Lipinski definition) is 5. The Balaban J connectivity index is 1.88. The smallest absolute Gasteiger partial charge is 0.260 e. The number of hydrogen-bond donors (Lipinski definition) is 0. The average Bonchev–Trinajstić information content (AvgIpc) is 2.60. The molecule has 8 heteroatoms. The first-order valence-corrected chi connectivity index (χ1v) is 9.51. The number of rotatable bonds is 6. The van der Waals surface area contributed by atoms with Crippen molar-refractivity contribution in [2.75, 3.05) is 45.6 Å². The van der Waals surface area contributed by atoms with Gasteiger partial charge in [-0.25, -0.2) is 8.42 Å². The second-order valence-electron chi connectivity index (χ2n) is 5.62. The lowest BCUT2D eigenvalue weighted by Crippen LogP contribution is -2.51. The molecule has 1 aliphatic rings. The van der Waals surface area contributed by atoms with Gasteiger partial charge in [-0.2, -0.15) is 4.31 Å². The Morgan fingerprint density at radius 1 is 1.17 bits per heavy atom. The highest BCUT2D eigenvalue weighted by atomic mass is 32.2. The molecule has 1 saturated heterocycles. The van der Waals surface area contributed by atoms with Crippen molar-refractivity contribution in [3.05, 3.63) is 23.8 Å². The SMILES string of the molecule is CCS(=O)(=O)N1CCN(C(=O)COc2ccc(C)cc2OC)CC1. The topological polar surface area (TPSA) is 76.2 Å². The molecular formula is C16H24N2O5S. The molecule has 0 unspecified atom stereocenters. The molecule has 0 radical (unpaired) electrons. The first kappa shape index (κ1) is 18.5. The van der Waals surface area contributed by atoms with Gasteiger partial charge in [0.2, 0.25) is 10.0 Å². The van der Waals surface area contributed by atoms with Gasteiger partial charge in [-0.15, -0.1) is 0 Å². The number of methoxy groups -OCH3 is 1. The van der Waals surface area contributed by atoms with Gasteiger partial charge >= 0.3 is 0 Å². The molecule has 0 spiro atoms. The molecule has 1 heterocycles. The summed E-state index contributed by atoms with van der Waals surface area (Å²) in [6.07, 6.45) is 0. The van der Waals surface area contributed by atoms with Crippen LogP contribution in [-0.4, -0.2) is 69.2 Å².